The van der Waals surface area contributed by atoms with Crippen LogP contribution in [0.4, 0.5) is 14.5 Å². The van der Waals surface area contributed by atoms with Crippen molar-refractivity contribution in [2.75, 3.05) is 11.9 Å². The van der Waals surface area contributed by atoms with Gasteiger partial charge in [-0.05, 0) is 30.3 Å². The fourth-order valence-electron chi connectivity index (χ4n) is 1.54. The summed E-state index contributed by atoms with van der Waals surface area (Å²) in [5.74, 6) is -3.28. The van der Waals surface area contributed by atoms with Crippen LogP contribution in [0.25, 0.3) is 0 Å². The summed E-state index contributed by atoms with van der Waals surface area (Å²) in [6, 6.07) is 5.94. The number of hydrogen-bond acceptors (Lipinski definition) is 3. The summed E-state index contributed by atoms with van der Waals surface area (Å²) in [6.45, 7) is -0.292. The van der Waals surface area contributed by atoms with Crippen LogP contribution >= 0.6 is 0 Å². The van der Waals surface area contributed by atoms with Crippen LogP contribution < -0.4 is 10.6 Å². The Labute approximate surface area is 119 Å². The number of rotatable bonds is 4. The number of aromatic nitrogens is 1. The standard InChI is InChI=1S/C14H11F2N3O2/c15-11-2-1-9(7-12(11)16)14(21)18-8-13(20)19-10-3-5-17-6-4-10/h1-7H,8H2,(H,18,21)(H,17,19,20). The van der Waals surface area contributed by atoms with Gasteiger partial charge in [0, 0.05) is 23.6 Å². The van der Waals surface area contributed by atoms with E-state index in [-0.39, 0.29) is 12.1 Å². The Morgan fingerprint density at radius 3 is 2.43 bits per heavy atom. The van der Waals surface area contributed by atoms with Crippen molar-refractivity contribution in [1.29, 1.82) is 0 Å². The summed E-state index contributed by atoms with van der Waals surface area (Å²) in [5.41, 5.74) is 0.475. The van der Waals surface area contributed by atoms with E-state index in [2.05, 4.69) is 15.6 Å². The van der Waals surface area contributed by atoms with Crippen molar-refractivity contribution in [2.24, 2.45) is 0 Å². The number of anilines is 1. The zero-order valence-electron chi connectivity index (χ0n) is 10.8. The van der Waals surface area contributed by atoms with Crippen LogP contribution in [0.1, 0.15) is 10.4 Å². The molecular formula is C14H11F2N3O2. The molecular weight excluding hydrogens is 280 g/mol. The van der Waals surface area contributed by atoms with E-state index in [0.29, 0.717) is 5.69 Å². The second kappa shape index (κ2) is 6.56. The van der Waals surface area contributed by atoms with E-state index < -0.39 is 23.4 Å². The SMILES string of the molecule is O=C(CNC(=O)c1ccc(F)c(F)c1)Nc1ccncc1. The van der Waals surface area contributed by atoms with Crippen molar-refractivity contribution in [3.05, 3.63) is 59.9 Å². The number of carbonyl (C=O) groups is 2. The van der Waals surface area contributed by atoms with Gasteiger partial charge in [0.25, 0.3) is 5.91 Å². The average molecular weight is 291 g/mol. The van der Waals surface area contributed by atoms with Gasteiger partial charge in [-0.1, -0.05) is 0 Å². The van der Waals surface area contributed by atoms with Crippen LogP contribution in [-0.2, 0) is 4.79 Å². The third-order valence-corrected chi connectivity index (χ3v) is 2.56. The Balaban J connectivity index is 1.89. The number of nitrogens with one attached hydrogen (secondary N) is 2. The Morgan fingerprint density at radius 1 is 1.05 bits per heavy atom. The number of halogens is 2. The summed E-state index contributed by atoms with van der Waals surface area (Å²) < 4.78 is 25.7. The van der Waals surface area contributed by atoms with Crippen molar-refractivity contribution < 1.29 is 18.4 Å². The molecule has 0 aliphatic rings. The minimum absolute atomic E-state index is 0.0642. The lowest BCUT2D eigenvalue weighted by Crippen LogP contribution is -2.32. The van der Waals surface area contributed by atoms with Crippen molar-refractivity contribution in [1.82, 2.24) is 10.3 Å². The number of nitrogens with zero attached hydrogens (tertiary/aromatic N) is 1. The molecule has 2 amide bonds. The quantitative estimate of drug-likeness (QED) is 0.901. The van der Waals surface area contributed by atoms with E-state index >= 15 is 0 Å². The predicted molar refractivity (Wildman–Crippen MR) is 71.6 cm³/mol. The van der Waals surface area contributed by atoms with Crippen molar-refractivity contribution in [3.8, 4) is 0 Å². The lowest BCUT2D eigenvalue weighted by Gasteiger charge is -2.07. The summed E-state index contributed by atoms with van der Waals surface area (Å²) in [5, 5.41) is 4.85. The number of hydrogen-bond donors (Lipinski definition) is 2. The van der Waals surface area contributed by atoms with Gasteiger partial charge >= 0.3 is 0 Å². The van der Waals surface area contributed by atoms with Crippen molar-refractivity contribution >= 4 is 17.5 Å². The first-order valence-electron chi connectivity index (χ1n) is 5.99. The van der Waals surface area contributed by atoms with Gasteiger partial charge in [-0.3, -0.25) is 14.6 Å². The molecule has 5 nitrogen and oxygen atoms in total. The maximum Gasteiger partial charge on any atom is 0.251 e. The van der Waals surface area contributed by atoms with E-state index in [1.54, 1.807) is 12.1 Å². The molecule has 1 aromatic heterocycles. The van der Waals surface area contributed by atoms with E-state index in [0.717, 1.165) is 18.2 Å². The van der Waals surface area contributed by atoms with E-state index in [1.807, 2.05) is 0 Å². The molecule has 108 valence electrons. The van der Waals surface area contributed by atoms with Gasteiger partial charge in [0.05, 0.1) is 6.54 Å². The van der Waals surface area contributed by atoms with E-state index in [1.165, 1.54) is 12.4 Å². The molecule has 21 heavy (non-hydrogen) atoms. The molecule has 0 saturated carbocycles. The topological polar surface area (TPSA) is 71.1 Å². The molecule has 0 spiro atoms. The molecule has 2 aromatic rings. The minimum Gasteiger partial charge on any atom is -0.343 e. The molecule has 7 heteroatoms. The summed E-state index contributed by atoms with van der Waals surface area (Å²) in [7, 11) is 0. The largest absolute Gasteiger partial charge is 0.343 e. The molecule has 1 aromatic carbocycles. The van der Waals surface area contributed by atoms with Gasteiger partial charge in [-0.15, -0.1) is 0 Å². The molecule has 2 N–H and O–H groups in total. The van der Waals surface area contributed by atoms with E-state index in [4.69, 9.17) is 0 Å². The molecule has 0 radical (unpaired) electrons. The van der Waals surface area contributed by atoms with Crippen molar-refractivity contribution in [3.63, 3.8) is 0 Å². The van der Waals surface area contributed by atoms with Crippen LogP contribution in [0.2, 0.25) is 0 Å². The summed E-state index contributed by atoms with van der Waals surface area (Å²) in [6.07, 6.45) is 3.02. The van der Waals surface area contributed by atoms with Gasteiger partial charge in [0.2, 0.25) is 5.91 Å². The molecule has 1 heterocycles. The number of benzene rings is 1. The van der Waals surface area contributed by atoms with Gasteiger partial charge < -0.3 is 10.6 Å². The first kappa shape index (κ1) is 14.6. The van der Waals surface area contributed by atoms with Gasteiger partial charge in [-0.2, -0.15) is 0 Å². The normalized spacial score (nSPS) is 10.0. The lowest BCUT2D eigenvalue weighted by molar-refractivity contribution is -0.115. The van der Waals surface area contributed by atoms with Crippen LogP contribution in [0.5, 0.6) is 0 Å². The lowest BCUT2D eigenvalue weighted by atomic mass is 10.2. The Bertz CT molecular complexity index is 663. The second-order valence-electron chi connectivity index (χ2n) is 4.10. The van der Waals surface area contributed by atoms with Crippen LogP contribution in [0.3, 0.4) is 0 Å². The maximum atomic E-state index is 13.0. The Morgan fingerprint density at radius 2 is 1.76 bits per heavy atom. The van der Waals surface area contributed by atoms with Crippen LogP contribution in [0.15, 0.2) is 42.7 Å². The second-order valence-corrected chi connectivity index (χ2v) is 4.10. The number of amides is 2. The van der Waals surface area contributed by atoms with Gasteiger partial charge in [0.1, 0.15) is 0 Å². The molecule has 2 rings (SSSR count). The summed E-state index contributed by atoms with van der Waals surface area (Å²) >= 11 is 0. The third kappa shape index (κ3) is 4.07. The number of pyridine rings is 1. The zero-order valence-corrected chi connectivity index (χ0v) is 10.8. The molecule has 0 atom stereocenters. The third-order valence-electron chi connectivity index (χ3n) is 2.56. The van der Waals surface area contributed by atoms with Crippen LogP contribution in [0, 0.1) is 11.6 Å². The van der Waals surface area contributed by atoms with Gasteiger partial charge in [-0.25, -0.2) is 8.78 Å². The first-order chi connectivity index (χ1) is 10.1. The molecule has 0 aliphatic carbocycles. The highest BCUT2D eigenvalue weighted by Gasteiger charge is 2.11. The highest BCUT2D eigenvalue weighted by Crippen LogP contribution is 2.08. The Kier molecular flexibility index (Phi) is 4.55. The Hall–Kier alpha value is -2.83. The first-order valence-corrected chi connectivity index (χ1v) is 5.99. The minimum atomic E-state index is -1.12. The monoisotopic (exact) mass is 291 g/mol. The van der Waals surface area contributed by atoms with Gasteiger partial charge in [0.15, 0.2) is 11.6 Å². The van der Waals surface area contributed by atoms with E-state index in [9.17, 15) is 18.4 Å². The molecule has 0 fully saturated rings. The smallest absolute Gasteiger partial charge is 0.251 e. The molecule has 0 aliphatic heterocycles. The fourth-order valence-corrected chi connectivity index (χ4v) is 1.54. The van der Waals surface area contributed by atoms with Crippen LogP contribution in [-0.4, -0.2) is 23.3 Å². The molecule has 0 saturated heterocycles. The predicted octanol–water partition coefficient (Wildman–Crippen LogP) is 1.73. The summed E-state index contributed by atoms with van der Waals surface area (Å²) in [4.78, 5) is 27.1. The highest BCUT2D eigenvalue weighted by atomic mass is 19.2. The van der Waals surface area contributed by atoms with Crippen molar-refractivity contribution in [2.45, 2.75) is 0 Å². The fraction of sp³-hybridized carbons (Fsp3) is 0.0714. The highest BCUT2D eigenvalue weighted by molar-refractivity contribution is 5.99. The molecule has 0 unspecified atom stereocenters. The average Bonchev–Trinajstić information content (AvgIpc) is 2.48. The zero-order chi connectivity index (χ0) is 15.2. The maximum absolute atomic E-state index is 13.0. The molecule has 0 bridgehead atoms. The number of carbonyl (C=O) groups excluding carboxylic acids is 2.